The predicted molar refractivity (Wildman–Crippen MR) is 65.1 cm³/mol. The molecule has 0 aliphatic heterocycles. The van der Waals surface area contributed by atoms with Gasteiger partial charge in [-0.15, -0.1) is 0 Å². The quantitative estimate of drug-likeness (QED) is 0.808. The summed E-state index contributed by atoms with van der Waals surface area (Å²) < 4.78 is 11.1. The van der Waals surface area contributed by atoms with Crippen LogP contribution in [0.15, 0.2) is 30.3 Å². The van der Waals surface area contributed by atoms with Crippen LogP contribution in [0.25, 0.3) is 10.8 Å². The minimum atomic E-state index is -2.97. The molecule has 2 aromatic carbocycles. The van der Waals surface area contributed by atoms with E-state index in [0.717, 1.165) is 6.07 Å². The first kappa shape index (κ1) is 13.1. The van der Waals surface area contributed by atoms with Gasteiger partial charge in [-0.3, -0.25) is 0 Å². The molecule has 0 amide bonds. The van der Waals surface area contributed by atoms with Crippen LogP contribution in [0.3, 0.4) is 0 Å². The summed E-state index contributed by atoms with van der Waals surface area (Å²) in [4.78, 5) is 32.9. The van der Waals surface area contributed by atoms with E-state index in [4.69, 9.17) is 10.2 Å². The summed E-state index contributed by atoms with van der Waals surface area (Å²) in [6, 6.07) is 6.16. The fourth-order valence-corrected chi connectivity index (χ4v) is 2.40. The van der Waals surface area contributed by atoms with Crippen molar-refractivity contribution in [2.24, 2.45) is 0 Å². The predicted octanol–water partition coefficient (Wildman–Crippen LogP) is 0.964. The molecule has 2 aromatic rings. The molecule has 0 saturated carbocycles. The van der Waals surface area contributed by atoms with Crippen LogP contribution in [0, 0.1) is 0 Å². The molecule has 19 heavy (non-hydrogen) atoms. The van der Waals surface area contributed by atoms with Crippen molar-refractivity contribution in [3.8, 4) is 0 Å². The first-order chi connectivity index (χ1) is 8.90. The van der Waals surface area contributed by atoms with Crippen LogP contribution < -0.4 is 10.2 Å². The van der Waals surface area contributed by atoms with Crippen LogP contribution in [0.2, 0.25) is 0 Å². The van der Waals surface area contributed by atoms with Crippen molar-refractivity contribution in [2.75, 3.05) is 0 Å². The molecule has 0 aromatic heterocycles. The zero-order valence-corrected chi connectivity index (χ0v) is 10.3. The molecule has 2 N–H and O–H groups in total. The van der Waals surface area contributed by atoms with Gasteiger partial charge in [0.25, 0.3) is 0 Å². The van der Waals surface area contributed by atoms with Crippen molar-refractivity contribution in [2.45, 2.75) is 0 Å². The Labute approximate surface area is 107 Å². The SMILES string of the molecule is O=C(O)c1ccc2c([P+](=O)[O-])cc(C(=O)O)cc2c1. The molecule has 0 saturated heterocycles. The Kier molecular flexibility index (Phi) is 3.29. The van der Waals surface area contributed by atoms with Gasteiger partial charge in [0.05, 0.1) is 11.1 Å². The fraction of sp³-hybridized carbons (Fsp3) is 0. The average molecular weight is 278 g/mol. The normalized spacial score (nSPS) is 11.3. The Morgan fingerprint density at radius 2 is 1.58 bits per heavy atom. The molecule has 0 bridgehead atoms. The number of fused-ring (bicyclic) bond motifs is 1. The number of carboxylic acid groups (broad SMARTS) is 2. The molecule has 6 nitrogen and oxygen atoms in total. The van der Waals surface area contributed by atoms with Gasteiger partial charge in [0.2, 0.25) is 0 Å². The molecule has 1 atom stereocenters. The third-order valence-corrected chi connectivity index (χ3v) is 3.38. The third kappa shape index (κ3) is 2.45. The summed E-state index contributed by atoms with van der Waals surface area (Å²) >= 11 is 0. The lowest BCUT2D eigenvalue weighted by molar-refractivity contribution is -0.160. The molecule has 0 aliphatic carbocycles. The Morgan fingerprint density at radius 3 is 2.11 bits per heavy atom. The highest BCUT2D eigenvalue weighted by Crippen LogP contribution is 2.22. The Balaban J connectivity index is 2.83. The molecular weight excluding hydrogens is 271 g/mol. The number of rotatable bonds is 3. The second kappa shape index (κ2) is 4.76. The minimum Gasteiger partial charge on any atom is -0.591 e. The molecule has 2 rings (SSSR count). The smallest absolute Gasteiger partial charge is 0.349 e. The van der Waals surface area contributed by atoms with Crippen molar-refractivity contribution in [1.82, 2.24) is 0 Å². The van der Waals surface area contributed by atoms with E-state index < -0.39 is 20.0 Å². The van der Waals surface area contributed by atoms with Crippen molar-refractivity contribution in [3.63, 3.8) is 0 Å². The molecular formula is C12H7O6P. The first-order valence-corrected chi connectivity index (χ1v) is 6.26. The van der Waals surface area contributed by atoms with Crippen molar-refractivity contribution in [1.29, 1.82) is 0 Å². The second-order valence-corrected chi connectivity index (χ2v) is 4.79. The van der Waals surface area contributed by atoms with Crippen LogP contribution in [-0.2, 0) is 4.57 Å². The molecule has 0 heterocycles. The van der Waals surface area contributed by atoms with Crippen LogP contribution >= 0.6 is 8.03 Å². The van der Waals surface area contributed by atoms with Crippen molar-refractivity contribution < 1.29 is 29.3 Å². The number of hydrogen-bond donors (Lipinski definition) is 2. The summed E-state index contributed by atoms with van der Waals surface area (Å²) in [5.74, 6) is -2.45. The zero-order valence-electron chi connectivity index (χ0n) is 9.36. The van der Waals surface area contributed by atoms with Crippen molar-refractivity contribution in [3.05, 3.63) is 41.5 Å². The van der Waals surface area contributed by atoms with E-state index in [9.17, 15) is 19.0 Å². The number of hydrogen-bond acceptors (Lipinski definition) is 4. The second-order valence-electron chi connectivity index (χ2n) is 3.80. The van der Waals surface area contributed by atoms with E-state index in [0.29, 0.717) is 5.39 Å². The molecule has 7 heteroatoms. The van der Waals surface area contributed by atoms with E-state index >= 15 is 0 Å². The molecule has 0 radical (unpaired) electrons. The van der Waals surface area contributed by atoms with Crippen LogP contribution in [0.4, 0.5) is 0 Å². The van der Waals surface area contributed by atoms with E-state index in [1.165, 1.54) is 24.3 Å². The monoisotopic (exact) mass is 278 g/mol. The van der Waals surface area contributed by atoms with Crippen LogP contribution in [0.1, 0.15) is 20.7 Å². The van der Waals surface area contributed by atoms with E-state index in [1.54, 1.807) is 0 Å². The van der Waals surface area contributed by atoms with Gasteiger partial charge in [-0.2, -0.15) is 0 Å². The maximum atomic E-state index is 11.1. The van der Waals surface area contributed by atoms with Gasteiger partial charge in [0, 0.05) is 11.5 Å². The maximum absolute atomic E-state index is 11.1. The van der Waals surface area contributed by atoms with E-state index in [2.05, 4.69) is 0 Å². The summed E-state index contributed by atoms with van der Waals surface area (Å²) in [6.07, 6.45) is 0. The molecule has 0 spiro atoms. The number of aromatic carboxylic acids is 2. The van der Waals surface area contributed by atoms with Gasteiger partial charge in [-0.1, -0.05) is 4.57 Å². The van der Waals surface area contributed by atoms with E-state index in [1.807, 2.05) is 0 Å². The van der Waals surface area contributed by atoms with Gasteiger partial charge in [-0.05, 0) is 29.7 Å². The molecule has 96 valence electrons. The number of benzene rings is 2. The maximum Gasteiger partial charge on any atom is 0.349 e. The summed E-state index contributed by atoms with van der Waals surface area (Å²) in [5, 5.41) is 18.2. The topological polar surface area (TPSA) is 115 Å². The van der Waals surface area contributed by atoms with Crippen molar-refractivity contribution >= 4 is 36.0 Å². The Bertz CT molecular complexity index is 716. The van der Waals surface area contributed by atoms with Crippen LogP contribution in [0.5, 0.6) is 0 Å². The zero-order chi connectivity index (χ0) is 14.2. The van der Waals surface area contributed by atoms with Gasteiger partial charge in [-0.25, -0.2) is 9.59 Å². The lowest BCUT2D eigenvalue weighted by Gasteiger charge is -2.03. The highest BCUT2D eigenvalue weighted by molar-refractivity contribution is 7.46. The highest BCUT2D eigenvalue weighted by Gasteiger charge is 2.18. The van der Waals surface area contributed by atoms with Gasteiger partial charge in [0.1, 0.15) is 0 Å². The van der Waals surface area contributed by atoms with Gasteiger partial charge in [0.15, 0.2) is 5.30 Å². The fourth-order valence-electron chi connectivity index (χ4n) is 1.76. The largest absolute Gasteiger partial charge is 0.591 e. The first-order valence-electron chi connectivity index (χ1n) is 5.09. The highest BCUT2D eigenvalue weighted by atomic mass is 31.1. The van der Waals surface area contributed by atoms with E-state index in [-0.39, 0.29) is 21.8 Å². The standard InChI is InChI=1S/C12H7O6P/c13-11(14)6-1-2-9-7(3-6)4-8(12(15)16)5-10(9)19(17)18/h1-5H,(H,13,14)(H,15,16). The van der Waals surface area contributed by atoms with Crippen LogP contribution in [-0.4, -0.2) is 22.2 Å². The molecule has 1 unspecified atom stereocenters. The number of carbonyl (C=O) groups is 2. The molecule has 0 fully saturated rings. The lowest BCUT2D eigenvalue weighted by atomic mass is 10.0. The Hall–Kier alpha value is -2.30. The summed E-state index contributed by atoms with van der Waals surface area (Å²) in [7, 11) is -2.97. The third-order valence-electron chi connectivity index (χ3n) is 2.62. The van der Waals surface area contributed by atoms with Gasteiger partial charge >= 0.3 is 20.0 Å². The van der Waals surface area contributed by atoms with Gasteiger partial charge < -0.3 is 15.1 Å². The average Bonchev–Trinajstić information content (AvgIpc) is 2.36. The molecule has 0 aliphatic rings. The number of carboxylic acids is 2. The summed E-state index contributed by atoms with van der Waals surface area (Å²) in [5.41, 5.74) is -0.244. The summed E-state index contributed by atoms with van der Waals surface area (Å²) in [6.45, 7) is 0. The minimum absolute atomic E-state index is 0.0397. The lowest BCUT2D eigenvalue weighted by Crippen LogP contribution is -2.10. The Morgan fingerprint density at radius 1 is 1.00 bits per heavy atom.